The van der Waals surface area contributed by atoms with Crippen LogP contribution in [0, 0.1) is 6.92 Å². The molecule has 1 unspecified atom stereocenters. The zero-order valence-corrected chi connectivity index (χ0v) is 17.1. The van der Waals surface area contributed by atoms with Crippen LogP contribution in [0.2, 0.25) is 0 Å². The second-order valence-electron chi connectivity index (χ2n) is 7.60. The predicted octanol–water partition coefficient (Wildman–Crippen LogP) is 3.73. The molecule has 2 aliphatic rings. The number of hydrogen-bond acceptors (Lipinski definition) is 5. The molecular formula is C23H24N4O3. The van der Waals surface area contributed by atoms with Crippen LogP contribution in [0.15, 0.2) is 42.5 Å². The lowest BCUT2D eigenvalue weighted by atomic mass is 9.90. The summed E-state index contributed by atoms with van der Waals surface area (Å²) in [6.45, 7) is 3.54. The molecule has 3 amide bonds. The van der Waals surface area contributed by atoms with Gasteiger partial charge in [0.15, 0.2) is 5.82 Å². The van der Waals surface area contributed by atoms with Crippen molar-refractivity contribution in [3.05, 3.63) is 70.4 Å². The zero-order valence-electron chi connectivity index (χ0n) is 17.1. The Morgan fingerprint density at radius 1 is 1.17 bits per heavy atom. The fourth-order valence-corrected chi connectivity index (χ4v) is 3.74. The summed E-state index contributed by atoms with van der Waals surface area (Å²) < 4.78 is 0. The number of imide groups is 1. The molecule has 7 nitrogen and oxygen atoms in total. The monoisotopic (exact) mass is 404 g/mol. The largest absolute Gasteiger partial charge is 0.309 e. The first-order valence-corrected chi connectivity index (χ1v) is 9.85. The molecule has 1 aromatic carbocycles. The van der Waals surface area contributed by atoms with E-state index in [4.69, 9.17) is 0 Å². The second kappa shape index (κ2) is 7.67. The second-order valence-corrected chi connectivity index (χ2v) is 7.60. The molecule has 1 atom stereocenters. The predicted molar refractivity (Wildman–Crippen MR) is 115 cm³/mol. The van der Waals surface area contributed by atoms with Crippen LogP contribution in [-0.2, 0) is 4.79 Å². The van der Waals surface area contributed by atoms with E-state index in [9.17, 15) is 14.4 Å². The first kappa shape index (κ1) is 19.7. The normalized spacial score (nSPS) is 16.4. The van der Waals surface area contributed by atoms with Gasteiger partial charge in [0, 0.05) is 8.47 Å². The zero-order chi connectivity index (χ0) is 21.4. The van der Waals surface area contributed by atoms with Gasteiger partial charge >= 0.3 is 0 Å². The van der Waals surface area contributed by atoms with Crippen molar-refractivity contribution < 1.29 is 15.8 Å². The van der Waals surface area contributed by atoms with Crippen molar-refractivity contribution in [2.75, 3.05) is 12.4 Å². The molecule has 0 spiro atoms. The molecule has 30 heavy (non-hydrogen) atoms. The molecular weight excluding hydrogens is 380 g/mol. The highest BCUT2D eigenvalue weighted by Gasteiger charge is 2.37. The number of fused-ring (bicyclic) bond motifs is 1. The number of allylic oxidation sites excluding steroid dienone is 4. The van der Waals surface area contributed by atoms with Gasteiger partial charge < -0.3 is 5.32 Å². The standard InChI is InChI=1S/C23H22N4O3.H2/c1-13-11-16(20-17(12-13)22(29)27(3)23(20)30)14(2)21(28)24-19-10-9-18(25-26-19)15-7-5-4-6-8-15;/h5,7-12,14H,4,6H2,1-3H3,(H,24,26,28);1H. The molecule has 2 heterocycles. The van der Waals surface area contributed by atoms with Gasteiger partial charge in [-0.25, -0.2) is 0 Å². The van der Waals surface area contributed by atoms with Crippen molar-refractivity contribution in [2.45, 2.75) is 32.6 Å². The van der Waals surface area contributed by atoms with Crippen molar-refractivity contribution in [1.29, 1.82) is 0 Å². The topological polar surface area (TPSA) is 92.3 Å². The molecule has 2 aromatic rings. The molecule has 1 aliphatic carbocycles. The highest BCUT2D eigenvalue weighted by molar-refractivity contribution is 6.22. The Morgan fingerprint density at radius 3 is 2.63 bits per heavy atom. The van der Waals surface area contributed by atoms with E-state index in [1.807, 2.05) is 19.1 Å². The van der Waals surface area contributed by atoms with Crippen LogP contribution in [-0.4, -0.2) is 39.9 Å². The summed E-state index contributed by atoms with van der Waals surface area (Å²) >= 11 is 0. The van der Waals surface area contributed by atoms with E-state index < -0.39 is 5.92 Å². The third-order valence-electron chi connectivity index (χ3n) is 5.43. The number of benzene rings is 1. The maximum absolute atomic E-state index is 12.9. The molecule has 4 rings (SSSR count). The molecule has 1 N–H and O–H groups in total. The highest BCUT2D eigenvalue weighted by Crippen LogP contribution is 2.32. The van der Waals surface area contributed by atoms with Crippen LogP contribution in [0.4, 0.5) is 5.82 Å². The minimum Gasteiger partial charge on any atom is -0.309 e. The number of rotatable bonds is 4. The fraction of sp³-hybridized carbons (Fsp3) is 0.261. The van der Waals surface area contributed by atoms with Crippen molar-refractivity contribution in [3.63, 3.8) is 0 Å². The van der Waals surface area contributed by atoms with Gasteiger partial charge in [-0.05, 0) is 61.6 Å². The quantitative estimate of drug-likeness (QED) is 0.784. The molecule has 154 valence electrons. The van der Waals surface area contributed by atoms with Gasteiger partial charge in [0.2, 0.25) is 5.91 Å². The summed E-state index contributed by atoms with van der Waals surface area (Å²) in [6, 6.07) is 6.99. The van der Waals surface area contributed by atoms with Crippen molar-refractivity contribution in [2.24, 2.45) is 0 Å². The van der Waals surface area contributed by atoms with Crippen LogP contribution in [0.1, 0.15) is 64.6 Å². The maximum Gasteiger partial charge on any atom is 0.261 e. The maximum atomic E-state index is 12.9. The number of aromatic nitrogens is 2. The Hall–Kier alpha value is -3.61. The summed E-state index contributed by atoms with van der Waals surface area (Å²) in [4.78, 5) is 38.8. The van der Waals surface area contributed by atoms with E-state index >= 15 is 0 Å². The summed E-state index contributed by atoms with van der Waals surface area (Å²) in [7, 11) is 1.45. The van der Waals surface area contributed by atoms with E-state index in [0.29, 0.717) is 22.5 Å². The Kier molecular flexibility index (Phi) is 5.03. The number of carbonyl (C=O) groups excluding carboxylic acids is 3. The smallest absolute Gasteiger partial charge is 0.261 e. The first-order valence-electron chi connectivity index (χ1n) is 9.85. The van der Waals surface area contributed by atoms with E-state index in [0.717, 1.165) is 34.6 Å². The first-order chi connectivity index (χ1) is 14.4. The average molecular weight is 404 g/mol. The van der Waals surface area contributed by atoms with Gasteiger partial charge in [-0.15, -0.1) is 10.2 Å². The molecule has 0 radical (unpaired) electrons. The Labute approximate surface area is 176 Å². The van der Waals surface area contributed by atoms with Crippen LogP contribution in [0.3, 0.4) is 0 Å². The highest BCUT2D eigenvalue weighted by atomic mass is 16.2. The number of anilines is 1. The molecule has 1 aromatic heterocycles. The van der Waals surface area contributed by atoms with Gasteiger partial charge in [0.1, 0.15) is 0 Å². The SMILES string of the molecule is Cc1cc2c(c(C(C)C(=O)Nc3ccc(C4=CCCC=C4)nn3)c1)C(=O)N(C)C2=O.[HH]. The summed E-state index contributed by atoms with van der Waals surface area (Å²) in [5.41, 5.74) is 3.76. The van der Waals surface area contributed by atoms with Gasteiger partial charge in [0.25, 0.3) is 11.8 Å². The summed E-state index contributed by atoms with van der Waals surface area (Å²) in [6.07, 6.45) is 8.22. The van der Waals surface area contributed by atoms with Crippen LogP contribution < -0.4 is 5.32 Å². The van der Waals surface area contributed by atoms with Gasteiger partial charge in [-0.3, -0.25) is 19.3 Å². The molecule has 0 saturated heterocycles. The average Bonchev–Trinajstić information content (AvgIpc) is 2.97. The van der Waals surface area contributed by atoms with Gasteiger partial charge in [-0.1, -0.05) is 24.3 Å². The minimum absolute atomic E-state index is 0. The van der Waals surface area contributed by atoms with E-state index in [1.54, 1.807) is 25.1 Å². The summed E-state index contributed by atoms with van der Waals surface area (Å²) in [5, 5.41) is 11.1. The molecule has 1 aliphatic heterocycles. The third-order valence-corrected chi connectivity index (χ3v) is 5.43. The Bertz CT molecular complexity index is 1120. The molecule has 0 bridgehead atoms. The number of nitrogens with one attached hydrogen (secondary N) is 1. The minimum atomic E-state index is -0.646. The number of hydrogen-bond donors (Lipinski definition) is 1. The summed E-state index contributed by atoms with van der Waals surface area (Å²) in [5.74, 6) is -1.37. The van der Waals surface area contributed by atoms with Gasteiger partial charge in [0.05, 0.1) is 22.7 Å². The van der Waals surface area contributed by atoms with Crippen molar-refractivity contribution in [1.82, 2.24) is 15.1 Å². The van der Waals surface area contributed by atoms with Crippen molar-refractivity contribution >= 4 is 29.1 Å². The molecule has 7 heteroatoms. The van der Waals surface area contributed by atoms with Crippen LogP contribution in [0.5, 0.6) is 0 Å². The lowest BCUT2D eigenvalue weighted by Crippen LogP contribution is -2.25. The van der Waals surface area contributed by atoms with Crippen molar-refractivity contribution in [3.8, 4) is 0 Å². The number of amides is 3. The fourth-order valence-electron chi connectivity index (χ4n) is 3.74. The Balaban J connectivity index is 0.00000272. The lowest BCUT2D eigenvalue weighted by molar-refractivity contribution is -0.117. The van der Waals surface area contributed by atoms with E-state index in [2.05, 4.69) is 27.7 Å². The number of nitrogens with zero attached hydrogens (tertiary/aromatic N) is 3. The van der Waals surface area contributed by atoms with Crippen LogP contribution in [0.25, 0.3) is 5.57 Å². The van der Waals surface area contributed by atoms with Gasteiger partial charge in [-0.2, -0.15) is 0 Å². The molecule has 0 saturated carbocycles. The van der Waals surface area contributed by atoms with Crippen LogP contribution >= 0.6 is 0 Å². The lowest BCUT2D eigenvalue weighted by Gasteiger charge is -2.16. The van der Waals surface area contributed by atoms with E-state index in [-0.39, 0.29) is 19.1 Å². The third kappa shape index (κ3) is 3.43. The number of carbonyl (C=O) groups is 3. The van der Waals surface area contributed by atoms with E-state index in [1.165, 1.54) is 7.05 Å². The molecule has 0 fully saturated rings. The number of aryl methyl sites for hydroxylation is 1. The Morgan fingerprint density at radius 2 is 1.97 bits per heavy atom.